The van der Waals surface area contributed by atoms with Crippen molar-refractivity contribution in [3.8, 4) is 11.8 Å². The number of anilines is 1. The number of methoxy groups -OCH3 is 1. The highest BCUT2D eigenvalue weighted by atomic mass is 16.5. The van der Waals surface area contributed by atoms with Crippen molar-refractivity contribution in [3.05, 3.63) is 23.8 Å². The van der Waals surface area contributed by atoms with Crippen molar-refractivity contribution in [2.24, 2.45) is 0 Å². The van der Waals surface area contributed by atoms with Gasteiger partial charge in [-0.2, -0.15) is 5.26 Å². The molecule has 1 fully saturated rings. The standard InChI is InChI=1S/C14H19N3O/c1-18-14-8-11(7-12(16)9-14)10-17(6-2-5-15)13-3-4-13/h7-9,13H,2-4,6,10,16H2,1H3. The van der Waals surface area contributed by atoms with Crippen molar-refractivity contribution < 1.29 is 4.74 Å². The quantitative estimate of drug-likeness (QED) is 0.780. The molecule has 1 aliphatic rings. The number of ether oxygens (including phenoxy) is 1. The second-order valence-electron chi connectivity index (χ2n) is 4.72. The maximum absolute atomic E-state index is 8.69. The van der Waals surface area contributed by atoms with E-state index in [4.69, 9.17) is 15.7 Å². The average molecular weight is 245 g/mol. The van der Waals surface area contributed by atoms with E-state index < -0.39 is 0 Å². The summed E-state index contributed by atoms with van der Waals surface area (Å²) in [5.41, 5.74) is 7.72. The van der Waals surface area contributed by atoms with Crippen LogP contribution in [-0.4, -0.2) is 24.6 Å². The third-order valence-corrected chi connectivity index (χ3v) is 3.18. The molecule has 0 atom stereocenters. The topological polar surface area (TPSA) is 62.3 Å². The molecule has 1 aliphatic carbocycles. The van der Waals surface area contributed by atoms with Crippen LogP contribution in [0.25, 0.3) is 0 Å². The normalized spacial score (nSPS) is 14.5. The Kier molecular flexibility index (Phi) is 4.06. The summed E-state index contributed by atoms with van der Waals surface area (Å²) in [5.74, 6) is 0.793. The lowest BCUT2D eigenvalue weighted by molar-refractivity contribution is 0.260. The van der Waals surface area contributed by atoms with Gasteiger partial charge < -0.3 is 10.5 Å². The zero-order valence-corrected chi connectivity index (χ0v) is 10.7. The fourth-order valence-electron chi connectivity index (χ4n) is 2.15. The maximum atomic E-state index is 8.69. The molecule has 2 rings (SSSR count). The zero-order valence-electron chi connectivity index (χ0n) is 10.7. The van der Waals surface area contributed by atoms with Crippen LogP contribution < -0.4 is 10.5 Å². The summed E-state index contributed by atoms with van der Waals surface area (Å²) in [7, 11) is 1.65. The molecule has 1 saturated carbocycles. The van der Waals surface area contributed by atoms with Crippen LogP contribution >= 0.6 is 0 Å². The first-order valence-corrected chi connectivity index (χ1v) is 6.27. The molecule has 0 spiro atoms. The summed E-state index contributed by atoms with van der Waals surface area (Å²) >= 11 is 0. The molecular weight excluding hydrogens is 226 g/mol. The van der Waals surface area contributed by atoms with Gasteiger partial charge in [0, 0.05) is 37.3 Å². The van der Waals surface area contributed by atoms with Gasteiger partial charge in [-0.3, -0.25) is 4.90 Å². The molecule has 0 heterocycles. The molecule has 18 heavy (non-hydrogen) atoms. The molecular formula is C14H19N3O. The Bertz CT molecular complexity index is 449. The predicted molar refractivity (Wildman–Crippen MR) is 71.1 cm³/mol. The highest BCUT2D eigenvalue weighted by Crippen LogP contribution is 2.29. The largest absolute Gasteiger partial charge is 0.497 e. The minimum Gasteiger partial charge on any atom is -0.497 e. The fourth-order valence-corrected chi connectivity index (χ4v) is 2.15. The molecule has 2 N–H and O–H groups in total. The van der Waals surface area contributed by atoms with Crippen molar-refractivity contribution in [1.29, 1.82) is 5.26 Å². The van der Waals surface area contributed by atoms with Crippen molar-refractivity contribution in [2.45, 2.75) is 31.8 Å². The molecule has 1 aromatic rings. The Morgan fingerprint density at radius 2 is 2.22 bits per heavy atom. The maximum Gasteiger partial charge on any atom is 0.121 e. The van der Waals surface area contributed by atoms with Gasteiger partial charge in [0.05, 0.1) is 13.2 Å². The Labute approximate surface area is 108 Å². The molecule has 0 unspecified atom stereocenters. The van der Waals surface area contributed by atoms with Gasteiger partial charge in [0.2, 0.25) is 0 Å². The second-order valence-corrected chi connectivity index (χ2v) is 4.72. The van der Waals surface area contributed by atoms with Crippen LogP contribution in [0.3, 0.4) is 0 Å². The first kappa shape index (κ1) is 12.7. The summed E-state index contributed by atoms with van der Waals surface area (Å²) in [4.78, 5) is 2.36. The predicted octanol–water partition coefficient (Wildman–Crippen LogP) is 2.16. The lowest BCUT2D eigenvalue weighted by Gasteiger charge is -2.21. The first-order chi connectivity index (χ1) is 8.72. The molecule has 1 aromatic carbocycles. The highest BCUT2D eigenvalue weighted by Gasteiger charge is 2.28. The second kappa shape index (κ2) is 5.74. The molecule has 0 radical (unpaired) electrons. The molecule has 4 heteroatoms. The van der Waals surface area contributed by atoms with Gasteiger partial charge in [-0.25, -0.2) is 0 Å². The number of hydrogen-bond donors (Lipinski definition) is 1. The fraction of sp³-hybridized carbons (Fsp3) is 0.500. The average Bonchev–Trinajstić information content (AvgIpc) is 3.18. The van der Waals surface area contributed by atoms with Crippen LogP contribution in [0, 0.1) is 11.3 Å². The third-order valence-electron chi connectivity index (χ3n) is 3.18. The van der Waals surface area contributed by atoms with Crippen LogP contribution in [0.5, 0.6) is 5.75 Å². The van der Waals surface area contributed by atoms with E-state index in [9.17, 15) is 0 Å². The number of benzene rings is 1. The number of nitrogens with two attached hydrogens (primary N) is 1. The van der Waals surface area contributed by atoms with E-state index in [-0.39, 0.29) is 0 Å². The molecule has 4 nitrogen and oxygen atoms in total. The number of rotatable bonds is 6. The van der Waals surface area contributed by atoms with Crippen molar-refractivity contribution in [3.63, 3.8) is 0 Å². The summed E-state index contributed by atoms with van der Waals surface area (Å²) < 4.78 is 5.22. The number of hydrogen-bond acceptors (Lipinski definition) is 4. The van der Waals surface area contributed by atoms with Crippen molar-refractivity contribution in [1.82, 2.24) is 4.90 Å². The molecule has 0 amide bonds. The summed E-state index contributed by atoms with van der Waals surface area (Å²) in [6.45, 7) is 1.67. The van der Waals surface area contributed by atoms with E-state index >= 15 is 0 Å². The molecule has 0 saturated heterocycles. The number of nitriles is 1. The summed E-state index contributed by atoms with van der Waals surface area (Å²) in [6.07, 6.45) is 3.06. The Morgan fingerprint density at radius 1 is 1.44 bits per heavy atom. The van der Waals surface area contributed by atoms with E-state index in [1.165, 1.54) is 12.8 Å². The van der Waals surface area contributed by atoms with E-state index in [0.717, 1.165) is 30.1 Å². The van der Waals surface area contributed by atoms with E-state index in [0.29, 0.717) is 12.5 Å². The minimum atomic E-state index is 0.579. The van der Waals surface area contributed by atoms with Crippen molar-refractivity contribution in [2.75, 3.05) is 19.4 Å². The van der Waals surface area contributed by atoms with E-state index in [2.05, 4.69) is 11.0 Å². The third kappa shape index (κ3) is 3.38. The van der Waals surface area contributed by atoms with Gasteiger partial charge in [0.25, 0.3) is 0 Å². The van der Waals surface area contributed by atoms with Gasteiger partial charge in [0.1, 0.15) is 5.75 Å². The smallest absolute Gasteiger partial charge is 0.121 e. The van der Waals surface area contributed by atoms with Gasteiger partial charge in [-0.05, 0) is 30.5 Å². The van der Waals surface area contributed by atoms with Crippen LogP contribution in [0.2, 0.25) is 0 Å². The zero-order chi connectivity index (χ0) is 13.0. The van der Waals surface area contributed by atoms with E-state index in [1.807, 2.05) is 18.2 Å². The van der Waals surface area contributed by atoms with E-state index in [1.54, 1.807) is 7.11 Å². The molecule has 96 valence electrons. The van der Waals surface area contributed by atoms with Crippen LogP contribution in [-0.2, 0) is 6.54 Å². The van der Waals surface area contributed by atoms with Gasteiger partial charge >= 0.3 is 0 Å². The Hall–Kier alpha value is -1.73. The SMILES string of the molecule is COc1cc(N)cc(CN(CCC#N)C2CC2)c1. The Balaban J connectivity index is 2.05. The monoisotopic (exact) mass is 245 g/mol. The molecule has 0 bridgehead atoms. The van der Waals surface area contributed by atoms with Gasteiger partial charge in [-0.1, -0.05) is 0 Å². The first-order valence-electron chi connectivity index (χ1n) is 6.27. The molecule has 0 aromatic heterocycles. The summed E-state index contributed by atoms with van der Waals surface area (Å²) in [6, 6.07) is 8.66. The van der Waals surface area contributed by atoms with Gasteiger partial charge in [-0.15, -0.1) is 0 Å². The van der Waals surface area contributed by atoms with Gasteiger partial charge in [0.15, 0.2) is 0 Å². The summed E-state index contributed by atoms with van der Waals surface area (Å²) in [5, 5.41) is 8.69. The number of nitrogen functional groups attached to an aromatic ring is 1. The van der Waals surface area contributed by atoms with Crippen LogP contribution in [0.4, 0.5) is 5.69 Å². The lowest BCUT2D eigenvalue weighted by atomic mass is 10.1. The number of nitrogens with zero attached hydrogens (tertiary/aromatic N) is 2. The molecule has 0 aliphatic heterocycles. The minimum absolute atomic E-state index is 0.579. The van der Waals surface area contributed by atoms with Crippen LogP contribution in [0.1, 0.15) is 24.8 Å². The highest BCUT2D eigenvalue weighted by molar-refractivity contribution is 5.47. The lowest BCUT2D eigenvalue weighted by Crippen LogP contribution is -2.26. The van der Waals surface area contributed by atoms with Crippen molar-refractivity contribution >= 4 is 5.69 Å². The Morgan fingerprint density at radius 3 is 2.83 bits per heavy atom. The van der Waals surface area contributed by atoms with Crippen LogP contribution in [0.15, 0.2) is 18.2 Å².